The molecular weight excluding hydrogens is 471 g/mol. The van der Waals surface area contributed by atoms with E-state index in [0.717, 1.165) is 24.0 Å². The summed E-state index contributed by atoms with van der Waals surface area (Å²) in [5.74, 6) is 1.60. The smallest absolute Gasteiger partial charge is 0.416 e. The van der Waals surface area contributed by atoms with Gasteiger partial charge in [-0.3, -0.25) is 9.69 Å². The lowest BCUT2D eigenvalue weighted by Gasteiger charge is -2.44. The first-order valence-corrected chi connectivity index (χ1v) is 12.5. The molecule has 2 heterocycles. The highest BCUT2D eigenvalue weighted by Gasteiger charge is 2.42. The van der Waals surface area contributed by atoms with E-state index in [1.807, 2.05) is 30.0 Å². The van der Waals surface area contributed by atoms with Crippen molar-refractivity contribution in [3.63, 3.8) is 0 Å². The summed E-state index contributed by atoms with van der Waals surface area (Å²) in [5.41, 5.74) is 1.61. The summed E-state index contributed by atoms with van der Waals surface area (Å²) in [5, 5.41) is 0. The van der Waals surface area contributed by atoms with Crippen LogP contribution in [0.25, 0.3) is 0 Å². The van der Waals surface area contributed by atoms with Gasteiger partial charge in [-0.15, -0.1) is 0 Å². The molecule has 2 aromatic rings. The minimum atomic E-state index is -4.36. The fourth-order valence-corrected chi connectivity index (χ4v) is 5.65. The number of carbonyl (C=O) groups excluding carboxylic acids is 1. The van der Waals surface area contributed by atoms with Crippen LogP contribution in [0.4, 0.5) is 13.2 Å². The number of ether oxygens (including phenoxy) is 3. The maximum Gasteiger partial charge on any atom is 0.416 e. The highest BCUT2D eigenvalue weighted by molar-refractivity contribution is 5.73. The van der Waals surface area contributed by atoms with Gasteiger partial charge in [0.2, 0.25) is 0 Å². The van der Waals surface area contributed by atoms with Crippen LogP contribution in [0.5, 0.6) is 11.5 Å². The molecule has 36 heavy (non-hydrogen) atoms. The Balaban J connectivity index is 1.24. The fourth-order valence-electron chi connectivity index (χ4n) is 5.65. The summed E-state index contributed by atoms with van der Waals surface area (Å²) < 4.78 is 57.6. The van der Waals surface area contributed by atoms with Crippen molar-refractivity contribution in [2.75, 3.05) is 26.8 Å². The van der Waals surface area contributed by atoms with Gasteiger partial charge >= 0.3 is 12.1 Å². The van der Waals surface area contributed by atoms with E-state index in [1.165, 1.54) is 19.2 Å². The van der Waals surface area contributed by atoms with Crippen LogP contribution in [0, 0.1) is 24.7 Å². The lowest BCUT2D eigenvalue weighted by molar-refractivity contribution is -0.145. The summed E-state index contributed by atoms with van der Waals surface area (Å²) in [6, 6.07) is 10.2. The minimum absolute atomic E-state index is 0.0723. The normalized spacial score (nSPS) is 22.0. The van der Waals surface area contributed by atoms with E-state index >= 15 is 0 Å². The van der Waals surface area contributed by atoms with Gasteiger partial charge in [-0.25, -0.2) is 0 Å². The second-order valence-corrected chi connectivity index (χ2v) is 10.5. The summed E-state index contributed by atoms with van der Waals surface area (Å²) in [7, 11) is 1.42. The van der Waals surface area contributed by atoms with E-state index in [2.05, 4.69) is 0 Å². The van der Waals surface area contributed by atoms with E-state index in [9.17, 15) is 18.0 Å². The lowest BCUT2D eigenvalue weighted by atomic mass is 9.83. The number of methoxy groups -OCH3 is 1. The summed E-state index contributed by atoms with van der Waals surface area (Å²) in [6.07, 6.45) is -2.34. The zero-order valence-electron chi connectivity index (χ0n) is 20.8. The number of alkyl halides is 3. The highest BCUT2D eigenvalue weighted by atomic mass is 19.4. The average Bonchev–Trinajstić information content (AvgIpc) is 3.64. The number of benzene rings is 2. The van der Waals surface area contributed by atoms with Gasteiger partial charge in [0.15, 0.2) is 11.5 Å². The summed E-state index contributed by atoms with van der Waals surface area (Å²) >= 11 is 0. The quantitative estimate of drug-likeness (QED) is 0.461. The first kappa shape index (κ1) is 24.9. The molecule has 0 amide bonds. The van der Waals surface area contributed by atoms with Crippen LogP contribution >= 0.6 is 0 Å². The highest BCUT2D eigenvalue weighted by Crippen LogP contribution is 2.49. The third-order valence-electron chi connectivity index (χ3n) is 7.75. The van der Waals surface area contributed by atoms with Crippen molar-refractivity contribution in [2.45, 2.75) is 51.4 Å². The van der Waals surface area contributed by atoms with Crippen molar-refractivity contribution in [1.82, 2.24) is 4.90 Å². The van der Waals surface area contributed by atoms with Crippen LogP contribution in [0.3, 0.4) is 0 Å². The van der Waals surface area contributed by atoms with Gasteiger partial charge in [0.05, 0.1) is 18.6 Å². The zero-order valence-corrected chi connectivity index (χ0v) is 20.8. The molecule has 1 saturated carbocycles. The molecule has 194 valence electrons. The Kier molecular flexibility index (Phi) is 6.66. The maximum atomic E-state index is 13.4. The third kappa shape index (κ3) is 5.05. The number of rotatable bonds is 7. The molecule has 5 rings (SSSR count). The molecule has 2 aliphatic heterocycles. The minimum Gasteiger partial charge on any atom is -0.486 e. The Morgan fingerprint density at radius 2 is 1.89 bits per heavy atom. The van der Waals surface area contributed by atoms with E-state index in [4.69, 9.17) is 14.2 Å². The first-order chi connectivity index (χ1) is 17.1. The second kappa shape index (κ2) is 9.61. The zero-order chi connectivity index (χ0) is 25.6. The molecule has 0 radical (unpaired) electrons. The molecule has 0 bridgehead atoms. The molecule has 5 nitrogen and oxygen atoms in total. The fraction of sp³-hybridized carbons (Fsp3) is 0.536. The molecule has 3 aliphatic rings. The van der Waals surface area contributed by atoms with Gasteiger partial charge in [0.25, 0.3) is 0 Å². The van der Waals surface area contributed by atoms with Crippen molar-refractivity contribution in [3.8, 4) is 11.5 Å². The van der Waals surface area contributed by atoms with Crippen molar-refractivity contribution in [2.24, 2.45) is 17.8 Å². The second-order valence-electron chi connectivity index (χ2n) is 10.5. The van der Waals surface area contributed by atoms with Gasteiger partial charge in [-0.05, 0) is 60.9 Å². The van der Waals surface area contributed by atoms with Crippen molar-refractivity contribution in [1.29, 1.82) is 0 Å². The van der Waals surface area contributed by atoms with Crippen LogP contribution in [0.1, 0.15) is 47.9 Å². The number of carbonyl (C=O) groups is 1. The predicted octanol–water partition coefficient (Wildman–Crippen LogP) is 5.59. The molecule has 8 heteroatoms. The number of aryl methyl sites for hydroxylation is 1. The number of nitrogens with zero attached hydrogens (tertiary/aromatic N) is 1. The molecule has 3 atom stereocenters. The average molecular weight is 504 g/mol. The Hall–Kier alpha value is -2.74. The van der Waals surface area contributed by atoms with Crippen LogP contribution in [0.2, 0.25) is 0 Å². The third-order valence-corrected chi connectivity index (χ3v) is 7.75. The maximum absolute atomic E-state index is 13.4. The topological polar surface area (TPSA) is 48.0 Å². The number of hydrogen-bond acceptors (Lipinski definition) is 5. The Bertz CT molecular complexity index is 1120. The molecule has 2 aromatic carbocycles. The van der Waals surface area contributed by atoms with Crippen molar-refractivity contribution >= 4 is 5.97 Å². The molecule has 1 saturated heterocycles. The van der Waals surface area contributed by atoms with Crippen LogP contribution in [-0.2, 0) is 22.3 Å². The monoisotopic (exact) mass is 503 g/mol. The Morgan fingerprint density at radius 1 is 1.14 bits per heavy atom. The number of hydrogen-bond donors (Lipinski definition) is 0. The number of esters is 1. The lowest BCUT2D eigenvalue weighted by Crippen LogP contribution is -2.55. The largest absolute Gasteiger partial charge is 0.486 e. The molecule has 0 aromatic heterocycles. The van der Waals surface area contributed by atoms with E-state index in [0.29, 0.717) is 42.7 Å². The van der Waals surface area contributed by atoms with Crippen LogP contribution in [0.15, 0.2) is 36.4 Å². The number of halogens is 3. The van der Waals surface area contributed by atoms with E-state index in [-0.39, 0.29) is 36.4 Å². The van der Waals surface area contributed by atoms with Gasteiger partial charge < -0.3 is 14.2 Å². The van der Waals surface area contributed by atoms with Crippen molar-refractivity contribution in [3.05, 3.63) is 58.7 Å². The van der Waals surface area contributed by atoms with E-state index in [1.54, 1.807) is 13.0 Å². The Labute approximate surface area is 209 Å². The molecule has 1 aliphatic carbocycles. The van der Waals surface area contributed by atoms with Gasteiger partial charge in [-0.2, -0.15) is 13.2 Å². The van der Waals surface area contributed by atoms with Gasteiger partial charge in [0.1, 0.15) is 12.7 Å². The molecule has 2 fully saturated rings. The molecule has 0 spiro atoms. The van der Waals surface area contributed by atoms with Gasteiger partial charge in [-0.1, -0.05) is 30.7 Å². The summed E-state index contributed by atoms with van der Waals surface area (Å²) in [6.45, 7) is 5.69. The molecule has 0 N–H and O–H groups in total. The molecular formula is C28H32F3NO4. The van der Waals surface area contributed by atoms with E-state index < -0.39 is 11.7 Å². The van der Waals surface area contributed by atoms with Crippen LogP contribution in [-0.4, -0.2) is 43.8 Å². The molecule has 1 unspecified atom stereocenters. The number of fused-ring (bicyclic) bond motifs is 1. The predicted molar refractivity (Wildman–Crippen MR) is 128 cm³/mol. The van der Waals surface area contributed by atoms with Crippen LogP contribution < -0.4 is 9.47 Å². The first-order valence-electron chi connectivity index (χ1n) is 12.5. The Morgan fingerprint density at radius 3 is 2.56 bits per heavy atom. The standard InChI is InChI=1S/C28H32F3NO4/c1-16-4-8-22(28(29,30)31)20(10-16)12-32-13-21(14-32)25-15-35-23-9-7-19(11-24(23)36-25)26(18-5-6-18)17(2)27(33)34-3/h4,7-11,17-18,21,25-26H,5-6,12-15H2,1-3H3/t17-,25?,26-/m0/s1. The number of likely N-dealkylation sites (tertiary alicyclic amines) is 1. The summed E-state index contributed by atoms with van der Waals surface area (Å²) in [4.78, 5) is 14.3. The SMILES string of the molecule is COC(=O)[C@@H](C)[C@H](c1ccc2c(c1)OC(C1CN(Cc3cc(C)ccc3C(F)(F)F)C1)CO2)C1CC1. The van der Waals surface area contributed by atoms with Gasteiger partial charge in [0, 0.05) is 25.6 Å². The van der Waals surface area contributed by atoms with Crippen molar-refractivity contribution < 1.29 is 32.2 Å².